The summed E-state index contributed by atoms with van der Waals surface area (Å²) in [5, 5.41) is 1.73. The van der Waals surface area contributed by atoms with Gasteiger partial charge in [0.25, 0.3) is 0 Å². The summed E-state index contributed by atoms with van der Waals surface area (Å²) in [6.45, 7) is 6.64. The second-order valence-electron chi connectivity index (χ2n) is 4.71. The van der Waals surface area contributed by atoms with Crippen LogP contribution < -0.4 is 5.43 Å². The summed E-state index contributed by atoms with van der Waals surface area (Å²) in [5.41, 5.74) is 2.19. The van der Waals surface area contributed by atoms with Crippen LogP contribution in [0.3, 0.4) is 0 Å². The molecule has 16 heavy (non-hydrogen) atoms. The molecule has 1 heterocycles. The van der Waals surface area contributed by atoms with E-state index in [1.807, 2.05) is 27.0 Å². The van der Waals surface area contributed by atoms with Crippen molar-refractivity contribution >= 4 is 17.9 Å². The Bertz CT molecular complexity index is 243. The molecule has 0 bridgehead atoms. The van der Waals surface area contributed by atoms with E-state index >= 15 is 0 Å². The number of rotatable bonds is 3. The summed E-state index contributed by atoms with van der Waals surface area (Å²) in [6, 6.07) is 0. The van der Waals surface area contributed by atoms with Crippen LogP contribution in [0.25, 0.3) is 0 Å². The Balaban J connectivity index is 2.26. The number of carbonyl (C=O) groups is 1. The van der Waals surface area contributed by atoms with Crippen LogP contribution in [0.5, 0.6) is 0 Å². The smallest absolute Gasteiger partial charge is 0.422 e. The predicted molar refractivity (Wildman–Crippen MR) is 64.2 cm³/mol. The number of amides is 1. The van der Waals surface area contributed by atoms with Crippen molar-refractivity contribution in [2.45, 2.75) is 32.5 Å². The average molecular weight is 248 g/mol. The summed E-state index contributed by atoms with van der Waals surface area (Å²) in [6.07, 6.45) is 1.79. The highest BCUT2D eigenvalue weighted by atomic mass is 32.2. The third kappa shape index (κ3) is 5.05. The van der Waals surface area contributed by atoms with Crippen molar-refractivity contribution in [2.75, 3.05) is 25.3 Å². The minimum atomic E-state index is -0.469. The molecule has 1 unspecified atom stereocenters. The highest BCUT2D eigenvalue weighted by Crippen LogP contribution is 2.11. The standard InChI is InChI=1S/C10H20N2O3S/c1-10(2,3)15-9(13)11-12-5-8(6-16-4)14-7-12/h8H,5-7H2,1-4H3,(H,11,13). The molecule has 1 saturated heterocycles. The summed E-state index contributed by atoms with van der Waals surface area (Å²) >= 11 is 1.73. The first-order chi connectivity index (χ1) is 7.40. The van der Waals surface area contributed by atoms with Crippen molar-refractivity contribution in [3.05, 3.63) is 0 Å². The quantitative estimate of drug-likeness (QED) is 0.819. The fourth-order valence-electron chi connectivity index (χ4n) is 1.34. The lowest BCUT2D eigenvalue weighted by Crippen LogP contribution is -2.43. The molecule has 1 aliphatic rings. The number of hydrogen-bond acceptors (Lipinski definition) is 5. The first-order valence-electron chi connectivity index (χ1n) is 5.26. The van der Waals surface area contributed by atoms with Gasteiger partial charge in [0.2, 0.25) is 0 Å². The Morgan fingerprint density at radius 3 is 2.88 bits per heavy atom. The zero-order valence-corrected chi connectivity index (χ0v) is 11.1. The molecular weight excluding hydrogens is 228 g/mol. The van der Waals surface area contributed by atoms with Crippen LogP contribution in [0, 0.1) is 0 Å². The molecule has 1 rings (SSSR count). The van der Waals surface area contributed by atoms with E-state index in [0.717, 1.165) is 5.75 Å². The number of hydrogen-bond donors (Lipinski definition) is 1. The highest BCUT2D eigenvalue weighted by Gasteiger charge is 2.25. The molecule has 1 amide bonds. The van der Waals surface area contributed by atoms with Crippen molar-refractivity contribution in [2.24, 2.45) is 0 Å². The number of nitrogens with zero attached hydrogens (tertiary/aromatic N) is 1. The molecule has 0 aliphatic carbocycles. The van der Waals surface area contributed by atoms with Crippen LogP contribution in [0.15, 0.2) is 0 Å². The van der Waals surface area contributed by atoms with Crippen molar-refractivity contribution in [1.82, 2.24) is 10.4 Å². The van der Waals surface area contributed by atoms with E-state index in [0.29, 0.717) is 13.3 Å². The van der Waals surface area contributed by atoms with Crippen LogP contribution in [-0.2, 0) is 9.47 Å². The fraction of sp³-hybridized carbons (Fsp3) is 0.900. The van der Waals surface area contributed by atoms with E-state index < -0.39 is 11.7 Å². The third-order valence-electron chi connectivity index (χ3n) is 1.89. The van der Waals surface area contributed by atoms with Gasteiger partial charge in [0.05, 0.1) is 6.10 Å². The maximum atomic E-state index is 11.4. The van der Waals surface area contributed by atoms with Crippen LogP contribution in [0.2, 0.25) is 0 Å². The SMILES string of the molecule is CSCC1CN(NC(=O)OC(C)(C)C)CO1. The number of carbonyl (C=O) groups excluding carboxylic acids is 1. The lowest BCUT2D eigenvalue weighted by molar-refractivity contribution is 0.0265. The maximum absolute atomic E-state index is 11.4. The Morgan fingerprint density at radius 1 is 1.62 bits per heavy atom. The largest absolute Gasteiger partial charge is 0.443 e. The average Bonchev–Trinajstić information content (AvgIpc) is 2.49. The van der Waals surface area contributed by atoms with Crippen molar-refractivity contribution in [3.63, 3.8) is 0 Å². The number of thioether (sulfide) groups is 1. The minimum Gasteiger partial charge on any atom is -0.443 e. The van der Waals surface area contributed by atoms with Gasteiger partial charge in [-0.05, 0) is 27.0 Å². The zero-order valence-electron chi connectivity index (χ0n) is 10.3. The molecule has 1 fully saturated rings. The van der Waals surface area contributed by atoms with Crippen molar-refractivity contribution < 1.29 is 14.3 Å². The van der Waals surface area contributed by atoms with Gasteiger partial charge in [0, 0.05) is 12.3 Å². The lowest BCUT2D eigenvalue weighted by atomic mass is 10.2. The van der Waals surface area contributed by atoms with Gasteiger partial charge in [0.15, 0.2) is 0 Å². The molecular formula is C10H20N2O3S. The second kappa shape index (κ2) is 5.75. The Labute approximate surface area is 101 Å². The molecule has 94 valence electrons. The zero-order chi connectivity index (χ0) is 12.2. The van der Waals surface area contributed by atoms with Gasteiger partial charge < -0.3 is 9.47 Å². The second-order valence-corrected chi connectivity index (χ2v) is 5.62. The topological polar surface area (TPSA) is 50.8 Å². The van der Waals surface area contributed by atoms with Crippen molar-refractivity contribution in [1.29, 1.82) is 0 Å². The molecule has 0 spiro atoms. The number of nitrogens with one attached hydrogen (secondary N) is 1. The van der Waals surface area contributed by atoms with Gasteiger partial charge in [-0.3, -0.25) is 5.43 Å². The third-order valence-corrected chi connectivity index (χ3v) is 2.60. The summed E-state index contributed by atoms with van der Waals surface area (Å²) in [7, 11) is 0. The molecule has 1 N–H and O–H groups in total. The summed E-state index contributed by atoms with van der Waals surface area (Å²) in [5.74, 6) is 0.937. The summed E-state index contributed by atoms with van der Waals surface area (Å²) in [4.78, 5) is 11.4. The van der Waals surface area contributed by atoms with Gasteiger partial charge in [-0.25, -0.2) is 4.79 Å². The molecule has 5 nitrogen and oxygen atoms in total. The van der Waals surface area contributed by atoms with Gasteiger partial charge in [-0.2, -0.15) is 16.8 Å². The Hall–Kier alpha value is -0.460. The molecule has 0 aromatic heterocycles. The Morgan fingerprint density at radius 2 is 2.31 bits per heavy atom. The number of ether oxygens (including phenoxy) is 2. The van der Waals surface area contributed by atoms with Gasteiger partial charge in [0.1, 0.15) is 12.3 Å². The fourth-order valence-corrected chi connectivity index (χ4v) is 1.91. The predicted octanol–water partition coefficient (Wildman–Crippen LogP) is 1.45. The van der Waals surface area contributed by atoms with Crippen LogP contribution >= 0.6 is 11.8 Å². The van der Waals surface area contributed by atoms with E-state index in [4.69, 9.17) is 9.47 Å². The minimum absolute atomic E-state index is 0.185. The molecule has 0 aromatic carbocycles. The van der Waals surface area contributed by atoms with E-state index in [9.17, 15) is 4.79 Å². The molecule has 0 aromatic rings. The Kier molecular flexibility index (Phi) is 4.89. The molecule has 1 aliphatic heterocycles. The maximum Gasteiger partial charge on any atom is 0.422 e. The van der Waals surface area contributed by atoms with E-state index in [2.05, 4.69) is 5.43 Å². The van der Waals surface area contributed by atoms with Crippen molar-refractivity contribution in [3.8, 4) is 0 Å². The van der Waals surface area contributed by atoms with Gasteiger partial charge >= 0.3 is 6.09 Å². The van der Waals surface area contributed by atoms with Crippen LogP contribution in [-0.4, -0.2) is 48.1 Å². The summed E-state index contributed by atoms with van der Waals surface area (Å²) < 4.78 is 10.6. The first kappa shape index (κ1) is 13.6. The highest BCUT2D eigenvalue weighted by molar-refractivity contribution is 7.98. The lowest BCUT2D eigenvalue weighted by Gasteiger charge is -2.22. The number of hydrazine groups is 1. The van der Waals surface area contributed by atoms with Gasteiger partial charge in [-0.15, -0.1) is 0 Å². The van der Waals surface area contributed by atoms with E-state index in [1.165, 1.54) is 0 Å². The first-order valence-corrected chi connectivity index (χ1v) is 6.65. The van der Waals surface area contributed by atoms with Crippen LogP contribution in [0.1, 0.15) is 20.8 Å². The van der Waals surface area contributed by atoms with Crippen LogP contribution in [0.4, 0.5) is 4.79 Å². The molecule has 6 heteroatoms. The van der Waals surface area contributed by atoms with Gasteiger partial charge in [-0.1, -0.05) is 0 Å². The van der Waals surface area contributed by atoms with E-state index in [-0.39, 0.29) is 6.10 Å². The molecule has 0 saturated carbocycles. The molecule has 0 radical (unpaired) electrons. The van der Waals surface area contributed by atoms with E-state index in [1.54, 1.807) is 16.8 Å². The molecule has 1 atom stereocenters. The monoisotopic (exact) mass is 248 g/mol. The normalized spacial score (nSPS) is 22.1.